The summed E-state index contributed by atoms with van der Waals surface area (Å²) in [7, 11) is 1.95. The highest BCUT2D eigenvalue weighted by Crippen LogP contribution is 2.30. The number of benzene rings is 2. The molecule has 6 nitrogen and oxygen atoms in total. The van der Waals surface area contributed by atoms with Gasteiger partial charge < -0.3 is 19.5 Å². The third kappa shape index (κ3) is 7.39. The van der Waals surface area contributed by atoms with Crippen molar-refractivity contribution in [2.24, 2.45) is 13.0 Å². The molecule has 35 heavy (non-hydrogen) atoms. The summed E-state index contributed by atoms with van der Waals surface area (Å²) in [6, 6.07) is 15.2. The highest BCUT2D eigenvalue weighted by atomic mass is 35.5. The van der Waals surface area contributed by atoms with Crippen molar-refractivity contribution >= 4 is 28.3 Å². The summed E-state index contributed by atoms with van der Waals surface area (Å²) >= 11 is 6.01. The molecule has 0 aliphatic rings. The van der Waals surface area contributed by atoms with E-state index in [1.807, 2.05) is 48.9 Å². The average molecular weight is 497 g/mol. The summed E-state index contributed by atoms with van der Waals surface area (Å²) in [5.74, 6) is -0.194. The number of Topliss-reactive ketones (excluding diaryl/α,β-unsaturated/α-hetero) is 1. The Morgan fingerprint density at radius 1 is 1.17 bits per heavy atom. The maximum atomic E-state index is 13.3. The zero-order chi connectivity index (χ0) is 25.4. The van der Waals surface area contributed by atoms with Crippen molar-refractivity contribution in [3.05, 3.63) is 69.9 Å². The summed E-state index contributed by atoms with van der Waals surface area (Å²) in [4.78, 5) is 13.3. The molecule has 1 aromatic heterocycles. The van der Waals surface area contributed by atoms with E-state index in [0.717, 1.165) is 47.8 Å². The largest absolute Gasteiger partial charge is 0.377 e. The van der Waals surface area contributed by atoms with E-state index in [0.29, 0.717) is 29.4 Å². The van der Waals surface area contributed by atoms with Gasteiger partial charge in [0.1, 0.15) is 0 Å². The Morgan fingerprint density at radius 2 is 1.97 bits per heavy atom. The van der Waals surface area contributed by atoms with E-state index in [9.17, 15) is 20.3 Å². The van der Waals surface area contributed by atoms with Crippen LogP contribution in [0.1, 0.15) is 66.2 Å². The molecule has 2 aromatic carbocycles. The Bertz CT molecular complexity index is 1200. The lowest BCUT2D eigenvalue weighted by Crippen LogP contribution is -2.15. The first-order chi connectivity index (χ1) is 16.8. The van der Waals surface area contributed by atoms with Crippen LogP contribution in [0.3, 0.4) is 0 Å². The van der Waals surface area contributed by atoms with Crippen LogP contribution >= 0.6 is 11.6 Å². The van der Waals surface area contributed by atoms with Gasteiger partial charge in [0.2, 0.25) is 0 Å². The van der Waals surface area contributed by atoms with Crippen molar-refractivity contribution in [2.45, 2.75) is 58.3 Å². The zero-order valence-corrected chi connectivity index (χ0v) is 21.1. The normalized spacial score (nSPS) is 12.3. The number of aromatic nitrogens is 1. The number of hydrogen-bond acceptors (Lipinski definition) is 5. The van der Waals surface area contributed by atoms with Crippen LogP contribution in [0.15, 0.2) is 42.5 Å². The lowest BCUT2D eigenvalue weighted by Gasteiger charge is -2.13. The lowest BCUT2D eigenvalue weighted by molar-refractivity contribution is -0.0543. The number of nitriles is 1. The van der Waals surface area contributed by atoms with E-state index in [1.54, 1.807) is 12.1 Å². The fraction of sp³-hybridized carbons (Fsp3) is 0.429. The first-order valence-corrected chi connectivity index (χ1v) is 12.4. The van der Waals surface area contributed by atoms with Crippen LogP contribution in [0, 0.1) is 17.2 Å². The second-order valence-electron chi connectivity index (χ2n) is 9.17. The maximum Gasteiger partial charge on any atom is 0.165 e. The number of ether oxygens (including phenoxy) is 1. The number of aryl methyl sites for hydroxylation is 1. The van der Waals surface area contributed by atoms with Gasteiger partial charge in [-0.2, -0.15) is 5.26 Å². The molecule has 186 valence electrons. The van der Waals surface area contributed by atoms with Crippen molar-refractivity contribution in [1.82, 2.24) is 4.57 Å². The number of hydrogen-bond donors (Lipinski definition) is 2. The molecule has 0 aliphatic carbocycles. The molecule has 3 rings (SSSR count). The number of unbranched alkanes of at least 4 members (excludes halogenated alkanes) is 2. The molecule has 2 N–H and O–H groups in total. The number of aliphatic hydroxyl groups excluding tert-OH is 1. The molecule has 1 heterocycles. The smallest absolute Gasteiger partial charge is 0.165 e. The highest BCUT2D eigenvalue weighted by Gasteiger charge is 2.23. The van der Waals surface area contributed by atoms with Gasteiger partial charge in [-0.1, -0.05) is 37.1 Å². The monoisotopic (exact) mass is 496 g/mol. The van der Waals surface area contributed by atoms with Crippen LogP contribution in [0.25, 0.3) is 10.9 Å². The van der Waals surface area contributed by atoms with Gasteiger partial charge in [0.15, 0.2) is 12.1 Å². The lowest BCUT2D eigenvalue weighted by atomic mass is 9.93. The molecule has 0 saturated heterocycles. The van der Waals surface area contributed by atoms with Crippen LogP contribution in [-0.2, 0) is 24.8 Å². The number of aliphatic hydroxyl groups is 2. The minimum Gasteiger partial charge on any atom is -0.377 e. The Morgan fingerprint density at radius 3 is 2.69 bits per heavy atom. The third-order valence-corrected chi connectivity index (χ3v) is 6.47. The zero-order valence-electron chi connectivity index (χ0n) is 20.3. The Labute approximate surface area is 211 Å². The van der Waals surface area contributed by atoms with E-state index >= 15 is 0 Å². The minimum absolute atomic E-state index is 0.0290. The van der Waals surface area contributed by atoms with Crippen LogP contribution < -0.4 is 0 Å². The summed E-state index contributed by atoms with van der Waals surface area (Å²) in [6.07, 6.45) is 2.44. The number of rotatable bonds is 13. The van der Waals surface area contributed by atoms with Gasteiger partial charge in [-0.05, 0) is 61.1 Å². The molecular weight excluding hydrogens is 464 g/mol. The highest BCUT2D eigenvalue weighted by molar-refractivity contribution is 6.30. The molecule has 0 fully saturated rings. The molecule has 7 heteroatoms. The maximum absolute atomic E-state index is 13.3. The number of nitrogens with zero attached hydrogens (tertiary/aromatic N) is 2. The van der Waals surface area contributed by atoms with E-state index in [4.69, 9.17) is 16.3 Å². The predicted octanol–water partition coefficient (Wildman–Crippen LogP) is 5.54. The van der Waals surface area contributed by atoms with Crippen LogP contribution in [0.2, 0.25) is 5.02 Å². The first kappa shape index (κ1) is 26.9. The first-order valence-electron chi connectivity index (χ1n) is 12.0. The molecule has 1 atom stereocenters. The number of fused-ring (bicyclic) bond motifs is 1. The molecular formula is C28H33ClN2O4. The van der Waals surface area contributed by atoms with E-state index < -0.39 is 6.29 Å². The Balaban J connectivity index is 1.65. The summed E-state index contributed by atoms with van der Waals surface area (Å²) in [5.41, 5.74) is 4.09. The summed E-state index contributed by atoms with van der Waals surface area (Å²) in [5, 5.41) is 29.4. The fourth-order valence-electron chi connectivity index (χ4n) is 4.52. The van der Waals surface area contributed by atoms with Crippen LogP contribution in [0.4, 0.5) is 0 Å². The van der Waals surface area contributed by atoms with E-state index in [-0.39, 0.29) is 24.5 Å². The van der Waals surface area contributed by atoms with Gasteiger partial charge in [-0.15, -0.1) is 0 Å². The van der Waals surface area contributed by atoms with Crippen molar-refractivity contribution in [3.63, 3.8) is 0 Å². The number of halogens is 1. The number of carbonyl (C=O) groups excluding carboxylic acids is 1. The molecule has 0 saturated carbocycles. The number of ketones is 1. The molecule has 3 aromatic rings. The van der Waals surface area contributed by atoms with Crippen molar-refractivity contribution in [2.75, 3.05) is 6.61 Å². The van der Waals surface area contributed by atoms with Crippen molar-refractivity contribution < 1.29 is 19.7 Å². The second-order valence-corrected chi connectivity index (χ2v) is 9.60. The Kier molecular flexibility index (Phi) is 9.88. The standard InChI is InChI=1S/C28H33ClN2O4/c1-19(14-27(33)34)13-26(32)28-23-16-20(17-30)10-11-24(23)31(2)25(28)9-4-3-5-12-35-18-21-7-6-8-22(29)15-21/h6-8,10-11,15-16,19,27,33-34H,3-5,9,12-14,18H2,1-2H3/t19-/m0/s1. The third-order valence-electron chi connectivity index (χ3n) is 6.24. The molecule has 0 unspecified atom stereocenters. The average Bonchev–Trinajstić information content (AvgIpc) is 3.08. The molecule has 0 radical (unpaired) electrons. The van der Waals surface area contributed by atoms with Gasteiger partial charge in [-0.25, -0.2) is 0 Å². The van der Waals surface area contributed by atoms with Crippen LogP contribution in [-0.4, -0.2) is 33.5 Å². The van der Waals surface area contributed by atoms with Gasteiger partial charge in [0.25, 0.3) is 0 Å². The molecule has 0 aliphatic heterocycles. The topological polar surface area (TPSA) is 95.5 Å². The van der Waals surface area contributed by atoms with Gasteiger partial charge in [0.05, 0.1) is 18.2 Å². The van der Waals surface area contributed by atoms with Crippen LogP contribution in [0.5, 0.6) is 0 Å². The fourth-order valence-corrected chi connectivity index (χ4v) is 4.74. The van der Waals surface area contributed by atoms with Gasteiger partial charge in [-0.3, -0.25) is 4.79 Å². The molecule has 0 spiro atoms. The van der Waals surface area contributed by atoms with Gasteiger partial charge >= 0.3 is 0 Å². The quantitative estimate of drug-likeness (QED) is 0.184. The minimum atomic E-state index is -1.43. The van der Waals surface area contributed by atoms with E-state index in [2.05, 4.69) is 6.07 Å². The van der Waals surface area contributed by atoms with Gasteiger partial charge in [0, 0.05) is 53.7 Å². The predicted molar refractivity (Wildman–Crippen MR) is 137 cm³/mol. The molecule has 0 bridgehead atoms. The second kappa shape index (κ2) is 12.9. The SMILES string of the molecule is C[C@@H](CC(=O)c1c(CCCCCOCc2cccc(Cl)c2)n(C)c2ccc(C#N)cc12)CC(O)O. The summed E-state index contributed by atoms with van der Waals surface area (Å²) in [6.45, 7) is 3.02. The van der Waals surface area contributed by atoms with Crippen molar-refractivity contribution in [1.29, 1.82) is 5.26 Å². The molecule has 0 amide bonds. The summed E-state index contributed by atoms with van der Waals surface area (Å²) < 4.78 is 7.82. The Hall–Kier alpha value is -2.69. The van der Waals surface area contributed by atoms with Crippen molar-refractivity contribution in [3.8, 4) is 6.07 Å². The number of carbonyl (C=O) groups is 1. The van der Waals surface area contributed by atoms with E-state index in [1.165, 1.54) is 0 Å².